The van der Waals surface area contributed by atoms with Gasteiger partial charge in [-0.3, -0.25) is 4.79 Å². The van der Waals surface area contributed by atoms with Gasteiger partial charge in [-0.1, -0.05) is 25.1 Å². The molecule has 112 valence electrons. The van der Waals surface area contributed by atoms with E-state index in [0.29, 0.717) is 32.7 Å². The Balaban J connectivity index is 2.68. The molecule has 0 aromatic heterocycles. The lowest BCUT2D eigenvalue weighted by Crippen LogP contribution is -2.34. The first-order chi connectivity index (χ1) is 9.70. The molecule has 20 heavy (non-hydrogen) atoms. The molecule has 1 aromatic carbocycles. The Morgan fingerprint density at radius 3 is 2.70 bits per heavy atom. The fraction of sp³-hybridized carbons (Fsp3) is 0.562. The number of carbonyl (C=O) groups is 1. The van der Waals surface area contributed by atoms with Crippen LogP contribution in [0.5, 0.6) is 0 Å². The molecule has 0 atom stereocenters. The first-order valence-electron chi connectivity index (χ1n) is 7.34. The van der Waals surface area contributed by atoms with Gasteiger partial charge in [-0.2, -0.15) is 0 Å². The molecular weight excluding hydrogens is 252 g/mol. The summed E-state index contributed by atoms with van der Waals surface area (Å²) in [6.07, 6.45) is 2.19. The first kappa shape index (κ1) is 16.7. The monoisotopic (exact) mass is 278 g/mol. The molecule has 1 rings (SSSR count). The van der Waals surface area contributed by atoms with Crippen molar-refractivity contribution in [2.75, 3.05) is 31.2 Å². The van der Waals surface area contributed by atoms with Crippen LogP contribution in [0.25, 0.3) is 0 Å². The Morgan fingerprint density at radius 2 is 2.05 bits per heavy atom. The van der Waals surface area contributed by atoms with Crippen molar-refractivity contribution in [1.82, 2.24) is 0 Å². The number of aryl methyl sites for hydroxylation is 1. The second-order valence-electron chi connectivity index (χ2n) is 4.84. The van der Waals surface area contributed by atoms with Gasteiger partial charge in [-0.05, 0) is 37.9 Å². The molecule has 0 saturated heterocycles. The zero-order chi connectivity index (χ0) is 14.8. The highest BCUT2D eigenvalue weighted by atomic mass is 16.5. The highest BCUT2D eigenvalue weighted by molar-refractivity contribution is 5.94. The smallest absolute Gasteiger partial charge is 0.229 e. The lowest BCUT2D eigenvalue weighted by Gasteiger charge is -2.24. The van der Waals surface area contributed by atoms with Gasteiger partial charge < -0.3 is 15.4 Å². The van der Waals surface area contributed by atoms with E-state index in [1.165, 1.54) is 0 Å². The maximum Gasteiger partial charge on any atom is 0.229 e. The Labute approximate surface area is 121 Å². The van der Waals surface area contributed by atoms with E-state index < -0.39 is 0 Å². The van der Waals surface area contributed by atoms with Gasteiger partial charge in [0.1, 0.15) is 0 Å². The Hall–Kier alpha value is -1.39. The predicted octanol–water partition coefficient (Wildman–Crippen LogP) is 2.49. The molecule has 0 spiro atoms. The van der Waals surface area contributed by atoms with Crippen LogP contribution in [-0.4, -0.2) is 32.2 Å². The predicted molar refractivity (Wildman–Crippen MR) is 82.9 cm³/mol. The first-order valence-corrected chi connectivity index (χ1v) is 7.34. The van der Waals surface area contributed by atoms with Crippen LogP contribution in [0, 0.1) is 6.92 Å². The average Bonchev–Trinajstić information content (AvgIpc) is 2.46. The van der Waals surface area contributed by atoms with Crippen LogP contribution in [0.4, 0.5) is 5.69 Å². The van der Waals surface area contributed by atoms with Crippen molar-refractivity contribution in [2.24, 2.45) is 5.73 Å². The minimum Gasteiger partial charge on any atom is -0.381 e. The fourth-order valence-corrected chi connectivity index (χ4v) is 2.04. The summed E-state index contributed by atoms with van der Waals surface area (Å²) < 4.78 is 5.40. The molecule has 0 aliphatic rings. The quantitative estimate of drug-likeness (QED) is 0.706. The summed E-state index contributed by atoms with van der Waals surface area (Å²) in [5.41, 5.74) is 7.65. The third-order valence-corrected chi connectivity index (χ3v) is 3.10. The molecule has 0 radical (unpaired) electrons. The number of benzene rings is 1. The minimum absolute atomic E-state index is 0.101. The van der Waals surface area contributed by atoms with E-state index in [0.717, 1.165) is 24.1 Å². The normalized spacial score (nSPS) is 10.6. The summed E-state index contributed by atoms with van der Waals surface area (Å²) in [5, 5.41) is 0. The van der Waals surface area contributed by atoms with Gasteiger partial charge in [0, 0.05) is 18.8 Å². The number of ether oxygens (including phenoxy) is 1. The number of hydrogen-bond acceptors (Lipinski definition) is 3. The third kappa shape index (κ3) is 5.31. The van der Waals surface area contributed by atoms with Gasteiger partial charge in [-0.15, -0.1) is 0 Å². The Morgan fingerprint density at radius 1 is 1.30 bits per heavy atom. The van der Waals surface area contributed by atoms with E-state index in [2.05, 4.69) is 6.92 Å². The number of hydrogen-bond donors (Lipinski definition) is 1. The topological polar surface area (TPSA) is 55.6 Å². The van der Waals surface area contributed by atoms with E-state index in [1.54, 1.807) is 0 Å². The van der Waals surface area contributed by atoms with Crippen LogP contribution >= 0.6 is 0 Å². The van der Waals surface area contributed by atoms with Crippen LogP contribution in [0.1, 0.15) is 31.7 Å². The standard InChI is InChI=1S/C16H26N2O2/c1-3-12-20-13-9-16(19)18(11-6-10-17)15-8-5-4-7-14(15)2/h4-5,7-8H,3,6,9-13,17H2,1-2H3. The van der Waals surface area contributed by atoms with Crippen molar-refractivity contribution in [3.63, 3.8) is 0 Å². The molecule has 1 aromatic rings. The van der Waals surface area contributed by atoms with Gasteiger partial charge in [-0.25, -0.2) is 0 Å². The number of para-hydroxylation sites is 1. The molecule has 4 nitrogen and oxygen atoms in total. The number of nitrogens with two attached hydrogens (primary N) is 1. The summed E-state index contributed by atoms with van der Waals surface area (Å²) in [7, 11) is 0. The molecule has 4 heteroatoms. The number of carbonyl (C=O) groups excluding carboxylic acids is 1. The zero-order valence-electron chi connectivity index (χ0n) is 12.6. The van der Waals surface area contributed by atoms with E-state index in [1.807, 2.05) is 36.1 Å². The average molecular weight is 278 g/mol. The molecule has 0 unspecified atom stereocenters. The van der Waals surface area contributed by atoms with Gasteiger partial charge in [0.05, 0.1) is 13.0 Å². The lowest BCUT2D eigenvalue weighted by atomic mass is 10.1. The Kier molecular flexibility index (Phi) is 7.92. The second kappa shape index (κ2) is 9.50. The van der Waals surface area contributed by atoms with Crippen LogP contribution in [0.3, 0.4) is 0 Å². The van der Waals surface area contributed by atoms with Gasteiger partial charge >= 0.3 is 0 Å². The maximum absolute atomic E-state index is 12.4. The molecule has 0 bridgehead atoms. The Bertz CT molecular complexity index is 407. The zero-order valence-corrected chi connectivity index (χ0v) is 12.6. The maximum atomic E-state index is 12.4. The summed E-state index contributed by atoms with van der Waals surface area (Å²) >= 11 is 0. The molecule has 0 saturated carbocycles. The van der Waals surface area contributed by atoms with Crippen molar-refractivity contribution in [1.29, 1.82) is 0 Å². The highest BCUT2D eigenvalue weighted by Gasteiger charge is 2.16. The number of nitrogens with zero attached hydrogens (tertiary/aromatic N) is 1. The number of amides is 1. The van der Waals surface area contributed by atoms with Crippen molar-refractivity contribution in [3.8, 4) is 0 Å². The molecule has 2 N–H and O–H groups in total. The summed E-state index contributed by atoms with van der Waals surface area (Å²) in [6, 6.07) is 7.94. The molecular formula is C16H26N2O2. The van der Waals surface area contributed by atoms with E-state index in [4.69, 9.17) is 10.5 Å². The van der Waals surface area contributed by atoms with E-state index in [-0.39, 0.29) is 5.91 Å². The summed E-state index contributed by atoms with van der Waals surface area (Å²) in [4.78, 5) is 14.2. The van der Waals surface area contributed by atoms with Crippen LogP contribution < -0.4 is 10.6 Å². The lowest BCUT2D eigenvalue weighted by molar-refractivity contribution is -0.119. The molecule has 0 heterocycles. The fourth-order valence-electron chi connectivity index (χ4n) is 2.04. The summed E-state index contributed by atoms with van der Waals surface area (Å²) in [5.74, 6) is 0.101. The molecule has 0 aliphatic carbocycles. The third-order valence-electron chi connectivity index (χ3n) is 3.10. The van der Waals surface area contributed by atoms with Crippen molar-refractivity contribution in [3.05, 3.63) is 29.8 Å². The van der Waals surface area contributed by atoms with E-state index >= 15 is 0 Å². The molecule has 0 fully saturated rings. The van der Waals surface area contributed by atoms with Gasteiger partial charge in [0.25, 0.3) is 0 Å². The van der Waals surface area contributed by atoms with Crippen LogP contribution in [0.2, 0.25) is 0 Å². The van der Waals surface area contributed by atoms with Gasteiger partial charge in [0.15, 0.2) is 0 Å². The number of anilines is 1. The van der Waals surface area contributed by atoms with Crippen LogP contribution in [0.15, 0.2) is 24.3 Å². The molecule has 0 aliphatic heterocycles. The summed E-state index contributed by atoms with van der Waals surface area (Å²) in [6.45, 7) is 6.52. The SMILES string of the molecule is CCCOCCC(=O)N(CCCN)c1ccccc1C. The second-order valence-corrected chi connectivity index (χ2v) is 4.84. The highest BCUT2D eigenvalue weighted by Crippen LogP contribution is 2.20. The largest absolute Gasteiger partial charge is 0.381 e. The van der Waals surface area contributed by atoms with Crippen LogP contribution in [-0.2, 0) is 9.53 Å². The molecule has 1 amide bonds. The van der Waals surface area contributed by atoms with E-state index in [9.17, 15) is 4.79 Å². The van der Waals surface area contributed by atoms with Crippen molar-refractivity contribution in [2.45, 2.75) is 33.1 Å². The van der Waals surface area contributed by atoms with Crippen molar-refractivity contribution < 1.29 is 9.53 Å². The minimum atomic E-state index is 0.101. The van der Waals surface area contributed by atoms with Crippen molar-refractivity contribution >= 4 is 11.6 Å². The number of rotatable bonds is 9. The van der Waals surface area contributed by atoms with Gasteiger partial charge in [0.2, 0.25) is 5.91 Å².